The van der Waals surface area contributed by atoms with E-state index in [0.29, 0.717) is 0 Å². The summed E-state index contributed by atoms with van der Waals surface area (Å²) < 4.78 is 30.7. The molecule has 2 N–H and O–H groups in total. The van der Waals surface area contributed by atoms with Crippen molar-refractivity contribution in [2.24, 2.45) is 0 Å². The molecule has 0 aliphatic rings. The predicted octanol–water partition coefficient (Wildman–Crippen LogP) is 1.17. The van der Waals surface area contributed by atoms with E-state index in [-0.39, 0.29) is 22.9 Å². The van der Waals surface area contributed by atoms with E-state index in [0.717, 1.165) is 4.31 Å². The number of anilines is 1. The van der Waals surface area contributed by atoms with Gasteiger partial charge in [-0.15, -0.1) is 0 Å². The fourth-order valence-corrected chi connectivity index (χ4v) is 3.24. The molecular weight excluding hydrogens is 298 g/mol. The molecule has 0 radical (unpaired) electrons. The van der Waals surface area contributed by atoms with Gasteiger partial charge in [0.05, 0.1) is 30.7 Å². The normalized spacial score (nSPS) is 11.3. The van der Waals surface area contributed by atoms with Crippen molar-refractivity contribution in [1.29, 1.82) is 0 Å². The molecule has 0 amide bonds. The number of sulfonamides is 1. The molecule has 8 heteroatoms. The minimum absolute atomic E-state index is 0.0320. The summed E-state index contributed by atoms with van der Waals surface area (Å²) in [5.41, 5.74) is -0.212. The molecule has 1 heterocycles. The maximum absolute atomic E-state index is 12.5. The first-order valence-corrected chi connectivity index (χ1v) is 7.42. The van der Waals surface area contributed by atoms with Crippen LogP contribution >= 0.6 is 0 Å². The van der Waals surface area contributed by atoms with Gasteiger partial charge in [0.1, 0.15) is 0 Å². The number of aliphatic hydroxyl groups is 1. The third kappa shape index (κ3) is 2.91. The van der Waals surface area contributed by atoms with E-state index in [1.807, 2.05) is 0 Å². The number of nitrogens with zero attached hydrogens (tertiary/aromatic N) is 1. The second-order valence-corrected chi connectivity index (χ2v) is 5.85. The van der Waals surface area contributed by atoms with Gasteiger partial charge in [-0.2, -0.15) is 8.42 Å². The average molecular weight is 311 g/mol. The van der Waals surface area contributed by atoms with Crippen LogP contribution in [0.3, 0.4) is 0 Å². The molecule has 21 heavy (non-hydrogen) atoms. The number of carboxylic acids is 1. The summed E-state index contributed by atoms with van der Waals surface area (Å²) in [7, 11) is -4.09. The lowest BCUT2D eigenvalue weighted by molar-refractivity contribution is 0.0697. The van der Waals surface area contributed by atoms with E-state index < -0.39 is 22.6 Å². The van der Waals surface area contributed by atoms with Crippen LogP contribution in [0, 0.1) is 0 Å². The van der Waals surface area contributed by atoms with Crippen LogP contribution in [0.25, 0.3) is 0 Å². The molecule has 0 spiro atoms. The molecule has 0 aliphatic carbocycles. The Balaban J connectivity index is 2.58. The molecule has 1 aromatic carbocycles. The molecule has 0 saturated carbocycles. The van der Waals surface area contributed by atoms with Crippen molar-refractivity contribution in [2.45, 2.75) is 5.09 Å². The first-order chi connectivity index (χ1) is 9.98. The number of rotatable bonds is 6. The molecule has 0 bridgehead atoms. The van der Waals surface area contributed by atoms with Crippen LogP contribution in [0.1, 0.15) is 10.4 Å². The van der Waals surface area contributed by atoms with E-state index in [1.54, 1.807) is 0 Å². The lowest BCUT2D eigenvalue weighted by Crippen LogP contribution is -2.34. The zero-order valence-corrected chi connectivity index (χ0v) is 11.7. The first-order valence-electron chi connectivity index (χ1n) is 5.98. The van der Waals surface area contributed by atoms with Gasteiger partial charge >= 0.3 is 5.97 Å². The van der Waals surface area contributed by atoms with Gasteiger partial charge in [-0.05, 0) is 24.3 Å². The summed E-state index contributed by atoms with van der Waals surface area (Å²) in [5.74, 6) is -1.26. The van der Waals surface area contributed by atoms with Crippen molar-refractivity contribution in [2.75, 3.05) is 17.5 Å². The molecule has 2 aromatic rings. The second kappa shape index (κ2) is 5.98. The number of carboxylic acid groups (broad SMARTS) is 1. The van der Waals surface area contributed by atoms with E-state index in [9.17, 15) is 18.3 Å². The van der Waals surface area contributed by atoms with Gasteiger partial charge in [0.25, 0.3) is 10.0 Å². The Morgan fingerprint density at radius 2 is 1.90 bits per heavy atom. The van der Waals surface area contributed by atoms with E-state index >= 15 is 0 Å². The van der Waals surface area contributed by atoms with Gasteiger partial charge in [0.2, 0.25) is 5.09 Å². The lowest BCUT2D eigenvalue weighted by atomic mass is 10.2. The molecule has 112 valence electrons. The second-order valence-electron chi connectivity index (χ2n) is 4.06. The van der Waals surface area contributed by atoms with Crippen molar-refractivity contribution in [3.63, 3.8) is 0 Å². The summed E-state index contributed by atoms with van der Waals surface area (Å²) in [6, 6.07) is 8.32. The van der Waals surface area contributed by atoms with Crippen molar-refractivity contribution in [1.82, 2.24) is 0 Å². The molecule has 0 saturated heterocycles. The number of hydrogen-bond acceptors (Lipinski definition) is 5. The number of benzene rings is 1. The number of furan rings is 1. The van der Waals surface area contributed by atoms with Crippen molar-refractivity contribution >= 4 is 21.7 Å². The van der Waals surface area contributed by atoms with Gasteiger partial charge in [0, 0.05) is 0 Å². The Hall–Kier alpha value is -2.32. The molecular formula is C13H13NO6S. The smallest absolute Gasteiger partial charge is 0.337 e. The minimum atomic E-state index is -4.09. The van der Waals surface area contributed by atoms with Crippen LogP contribution in [0.15, 0.2) is 52.2 Å². The SMILES string of the molecule is O=C(O)c1ccccc1N(CCO)S(=O)(=O)c1ccco1. The summed E-state index contributed by atoms with van der Waals surface area (Å²) in [5, 5.41) is 18.0. The molecule has 0 fully saturated rings. The highest BCUT2D eigenvalue weighted by atomic mass is 32.2. The number of aliphatic hydroxyl groups excluding tert-OH is 1. The molecule has 1 aromatic heterocycles. The van der Waals surface area contributed by atoms with Gasteiger partial charge < -0.3 is 14.6 Å². The Kier molecular flexibility index (Phi) is 4.29. The van der Waals surface area contributed by atoms with E-state index in [2.05, 4.69) is 0 Å². The van der Waals surface area contributed by atoms with Crippen LogP contribution < -0.4 is 4.31 Å². The third-order valence-electron chi connectivity index (χ3n) is 2.75. The Bertz CT molecular complexity index is 723. The van der Waals surface area contributed by atoms with Crippen molar-refractivity contribution < 1.29 is 27.8 Å². The quantitative estimate of drug-likeness (QED) is 0.829. The highest BCUT2D eigenvalue weighted by molar-refractivity contribution is 7.92. The largest absolute Gasteiger partial charge is 0.478 e. The maximum atomic E-state index is 12.5. The molecule has 0 unspecified atom stereocenters. The van der Waals surface area contributed by atoms with Crippen molar-refractivity contribution in [3.05, 3.63) is 48.2 Å². The molecule has 7 nitrogen and oxygen atoms in total. The topological polar surface area (TPSA) is 108 Å². The Morgan fingerprint density at radius 1 is 1.19 bits per heavy atom. The highest BCUT2D eigenvalue weighted by Crippen LogP contribution is 2.27. The van der Waals surface area contributed by atoms with Gasteiger partial charge in [-0.25, -0.2) is 4.79 Å². The number of hydrogen-bond donors (Lipinski definition) is 2. The Labute approximate surface area is 121 Å². The highest BCUT2D eigenvalue weighted by Gasteiger charge is 2.29. The number of para-hydroxylation sites is 1. The average Bonchev–Trinajstić information content (AvgIpc) is 2.99. The maximum Gasteiger partial charge on any atom is 0.337 e. The summed E-state index contributed by atoms with van der Waals surface area (Å²) >= 11 is 0. The standard InChI is InChI=1S/C13H13NO6S/c15-8-7-14(21(18,19)12-6-3-9-20-12)11-5-2-1-4-10(11)13(16)17/h1-6,9,15H,7-8H2,(H,16,17). The zero-order valence-electron chi connectivity index (χ0n) is 10.8. The molecule has 2 rings (SSSR count). The fraction of sp³-hybridized carbons (Fsp3) is 0.154. The zero-order chi connectivity index (χ0) is 15.5. The van der Waals surface area contributed by atoms with Gasteiger partial charge in [0.15, 0.2) is 0 Å². The van der Waals surface area contributed by atoms with Gasteiger partial charge in [-0.1, -0.05) is 12.1 Å². The van der Waals surface area contributed by atoms with Crippen LogP contribution in [0.5, 0.6) is 0 Å². The van der Waals surface area contributed by atoms with Crippen LogP contribution in [-0.4, -0.2) is 37.8 Å². The van der Waals surface area contributed by atoms with Crippen LogP contribution in [-0.2, 0) is 10.0 Å². The Morgan fingerprint density at radius 3 is 2.48 bits per heavy atom. The summed E-state index contributed by atoms with van der Waals surface area (Å²) in [4.78, 5) is 11.2. The first kappa shape index (κ1) is 15.1. The van der Waals surface area contributed by atoms with Gasteiger partial charge in [-0.3, -0.25) is 4.31 Å². The number of carbonyl (C=O) groups is 1. The predicted molar refractivity (Wildman–Crippen MR) is 73.7 cm³/mol. The van der Waals surface area contributed by atoms with E-state index in [4.69, 9.17) is 9.52 Å². The van der Waals surface area contributed by atoms with Crippen LogP contribution in [0.4, 0.5) is 5.69 Å². The summed E-state index contributed by atoms with van der Waals surface area (Å²) in [6.07, 6.45) is 1.20. The van der Waals surface area contributed by atoms with Crippen molar-refractivity contribution in [3.8, 4) is 0 Å². The minimum Gasteiger partial charge on any atom is -0.478 e. The third-order valence-corrected chi connectivity index (χ3v) is 4.45. The monoisotopic (exact) mass is 311 g/mol. The van der Waals surface area contributed by atoms with Crippen LogP contribution in [0.2, 0.25) is 0 Å². The fourth-order valence-electron chi connectivity index (χ4n) is 1.85. The lowest BCUT2D eigenvalue weighted by Gasteiger charge is -2.23. The molecule has 0 atom stereocenters. The number of aromatic carboxylic acids is 1. The summed E-state index contributed by atoms with van der Waals surface area (Å²) in [6.45, 7) is -0.749. The van der Waals surface area contributed by atoms with E-state index in [1.165, 1.54) is 42.7 Å². The molecule has 0 aliphatic heterocycles.